The van der Waals surface area contributed by atoms with Gasteiger partial charge in [0.1, 0.15) is 5.60 Å². The number of aliphatic hydroxyl groups excluding tert-OH is 1. The standard InChI is InChI=1S/C24H30N2O4/c1-24(2,3)30-23(29)25-12-10-19(11-13-25)14-18-4-6-20(7-5-18)15-26-16-21(17-27)8-9-22(26)28/h4-9,14,16,27H,10-13,15,17H2,1-3H3. The molecule has 0 atom stereocenters. The topological polar surface area (TPSA) is 71.8 Å². The number of benzene rings is 1. The van der Waals surface area contributed by atoms with Gasteiger partial charge >= 0.3 is 6.09 Å². The molecule has 160 valence electrons. The van der Waals surface area contributed by atoms with Gasteiger partial charge in [0.05, 0.1) is 13.2 Å². The van der Waals surface area contributed by atoms with Gasteiger partial charge in [-0.15, -0.1) is 0 Å². The summed E-state index contributed by atoms with van der Waals surface area (Å²) in [5.74, 6) is 0. The lowest BCUT2D eigenvalue weighted by Gasteiger charge is -2.31. The Hall–Kier alpha value is -2.86. The van der Waals surface area contributed by atoms with E-state index in [1.54, 1.807) is 21.7 Å². The van der Waals surface area contributed by atoms with Crippen LogP contribution in [0.2, 0.25) is 0 Å². The Morgan fingerprint density at radius 3 is 2.30 bits per heavy atom. The molecule has 2 aromatic rings. The summed E-state index contributed by atoms with van der Waals surface area (Å²) in [4.78, 5) is 26.0. The fourth-order valence-electron chi connectivity index (χ4n) is 3.40. The van der Waals surface area contributed by atoms with Gasteiger partial charge in [-0.1, -0.05) is 35.9 Å². The Morgan fingerprint density at radius 1 is 1.07 bits per heavy atom. The lowest BCUT2D eigenvalue weighted by Crippen LogP contribution is -2.40. The lowest BCUT2D eigenvalue weighted by atomic mass is 10.0. The number of likely N-dealkylation sites (tertiary alicyclic amines) is 1. The van der Waals surface area contributed by atoms with Crippen LogP contribution in [0.25, 0.3) is 6.08 Å². The molecular weight excluding hydrogens is 380 g/mol. The maximum absolute atomic E-state index is 12.2. The average molecular weight is 411 g/mol. The normalized spacial score (nSPS) is 14.5. The number of amides is 1. The second-order valence-corrected chi connectivity index (χ2v) is 8.67. The van der Waals surface area contributed by atoms with Crippen LogP contribution < -0.4 is 5.56 Å². The number of hydrogen-bond acceptors (Lipinski definition) is 4. The molecule has 0 spiro atoms. The second-order valence-electron chi connectivity index (χ2n) is 8.67. The average Bonchev–Trinajstić information content (AvgIpc) is 2.70. The Morgan fingerprint density at radius 2 is 1.70 bits per heavy atom. The molecule has 0 unspecified atom stereocenters. The number of piperidine rings is 1. The summed E-state index contributed by atoms with van der Waals surface area (Å²) < 4.78 is 7.05. The maximum atomic E-state index is 12.2. The van der Waals surface area contributed by atoms with Gasteiger partial charge in [-0.05, 0) is 56.4 Å². The molecule has 1 aliphatic heterocycles. The smallest absolute Gasteiger partial charge is 0.410 e. The van der Waals surface area contributed by atoms with Gasteiger partial charge in [-0.2, -0.15) is 0 Å². The van der Waals surface area contributed by atoms with Crippen LogP contribution in [0.1, 0.15) is 50.3 Å². The largest absolute Gasteiger partial charge is 0.444 e. The van der Waals surface area contributed by atoms with E-state index < -0.39 is 5.60 Å². The van der Waals surface area contributed by atoms with Crippen LogP contribution >= 0.6 is 0 Å². The summed E-state index contributed by atoms with van der Waals surface area (Å²) in [6, 6.07) is 11.2. The number of ether oxygens (including phenoxy) is 1. The van der Waals surface area contributed by atoms with E-state index in [1.165, 1.54) is 11.6 Å². The molecule has 3 rings (SSSR count). The predicted molar refractivity (Wildman–Crippen MR) is 117 cm³/mol. The van der Waals surface area contributed by atoms with Crippen molar-refractivity contribution in [1.29, 1.82) is 0 Å². The number of rotatable bonds is 4. The van der Waals surface area contributed by atoms with Crippen LogP contribution in [0.3, 0.4) is 0 Å². The molecule has 1 fully saturated rings. The summed E-state index contributed by atoms with van der Waals surface area (Å²) in [5, 5.41) is 9.26. The Labute approximate surface area is 177 Å². The minimum atomic E-state index is -0.473. The zero-order chi connectivity index (χ0) is 21.7. The van der Waals surface area contributed by atoms with Crippen molar-refractivity contribution in [3.63, 3.8) is 0 Å². The highest BCUT2D eigenvalue weighted by atomic mass is 16.6. The number of hydrogen-bond donors (Lipinski definition) is 1. The van der Waals surface area contributed by atoms with Gasteiger partial charge in [0.25, 0.3) is 5.56 Å². The van der Waals surface area contributed by atoms with Crippen LogP contribution in [0, 0.1) is 0 Å². The number of carbonyl (C=O) groups excluding carboxylic acids is 1. The van der Waals surface area contributed by atoms with E-state index in [4.69, 9.17) is 4.74 Å². The molecular formula is C24H30N2O4. The fourth-order valence-corrected chi connectivity index (χ4v) is 3.40. The molecule has 0 saturated carbocycles. The Kier molecular flexibility index (Phi) is 6.77. The van der Waals surface area contributed by atoms with Crippen LogP contribution in [-0.2, 0) is 17.9 Å². The molecule has 1 amide bonds. The van der Waals surface area contributed by atoms with Crippen molar-refractivity contribution in [2.75, 3.05) is 13.1 Å². The van der Waals surface area contributed by atoms with Gasteiger partial charge in [0, 0.05) is 25.4 Å². The third-order valence-corrected chi connectivity index (χ3v) is 4.99. The van der Waals surface area contributed by atoms with Crippen molar-refractivity contribution in [3.05, 3.63) is 75.2 Å². The molecule has 0 aliphatic carbocycles. The molecule has 6 nitrogen and oxygen atoms in total. The number of carbonyl (C=O) groups is 1. The SMILES string of the molecule is CC(C)(C)OC(=O)N1CCC(=Cc2ccc(Cn3cc(CO)ccc3=O)cc2)CC1. The van der Waals surface area contributed by atoms with E-state index in [0.29, 0.717) is 25.2 Å². The fraction of sp³-hybridized carbons (Fsp3) is 0.417. The van der Waals surface area contributed by atoms with E-state index in [-0.39, 0.29) is 18.3 Å². The Bertz CT molecular complexity index is 958. The first-order chi connectivity index (χ1) is 14.2. The minimum Gasteiger partial charge on any atom is -0.444 e. The van der Waals surface area contributed by atoms with Crippen LogP contribution in [0.15, 0.2) is 53.0 Å². The third-order valence-electron chi connectivity index (χ3n) is 4.99. The van der Waals surface area contributed by atoms with Crippen molar-refractivity contribution < 1.29 is 14.6 Å². The molecule has 30 heavy (non-hydrogen) atoms. The van der Waals surface area contributed by atoms with Crippen LogP contribution in [0.4, 0.5) is 4.79 Å². The van der Waals surface area contributed by atoms with Gasteiger partial charge in [0.2, 0.25) is 0 Å². The molecule has 1 aromatic carbocycles. The van der Waals surface area contributed by atoms with Gasteiger partial charge in [-0.25, -0.2) is 4.79 Å². The van der Waals surface area contributed by atoms with Gasteiger partial charge in [0.15, 0.2) is 0 Å². The van der Waals surface area contributed by atoms with Crippen LogP contribution in [0.5, 0.6) is 0 Å². The van der Waals surface area contributed by atoms with E-state index >= 15 is 0 Å². The minimum absolute atomic E-state index is 0.0852. The lowest BCUT2D eigenvalue weighted by molar-refractivity contribution is 0.0237. The molecule has 6 heteroatoms. The van der Waals surface area contributed by atoms with E-state index in [2.05, 4.69) is 6.08 Å². The molecule has 1 N–H and O–H groups in total. The zero-order valence-electron chi connectivity index (χ0n) is 17.9. The highest BCUT2D eigenvalue weighted by molar-refractivity contribution is 5.68. The van der Waals surface area contributed by atoms with E-state index in [9.17, 15) is 14.7 Å². The molecule has 1 aliphatic rings. The molecule has 1 aromatic heterocycles. The van der Waals surface area contributed by atoms with Crippen molar-refractivity contribution in [3.8, 4) is 0 Å². The summed E-state index contributed by atoms with van der Waals surface area (Å²) in [6.07, 6.45) is 5.30. The van der Waals surface area contributed by atoms with Gasteiger partial charge < -0.3 is 19.3 Å². The van der Waals surface area contributed by atoms with Crippen molar-refractivity contribution >= 4 is 12.2 Å². The first-order valence-corrected chi connectivity index (χ1v) is 10.3. The molecule has 2 heterocycles. The molecule has 0 bridgehead atoms. The summed E-state index contributed by atoms with van der Waals surface area (Å²) in [6.45, 7) is 7.36. The quantitative estimate of drug-likeness (QED) is 0.832. The molecule has 1 saturated heterocycles. The predicted octanol–water partition coefficient (Wildman–Crippen LogP) is 3.80. The highest BCUT2D eigenvalue weighted by Gasteiger charge is 2.24. The van der Waals surface area contributed by atoms with E-state index in [1.807, 2.05) is 45.0 Å². The van der Waals surface area contributed by atoms with Crippen molar-refractivity contribution in [2.45, 2.75) is 52.4 Å². The summed E-state index contributed by atoms with van der Waals surface area (Å²) in [7, 11) is 0. The first kappa shape index (κ1) is 21.8. The monoisotopic (exact) mass is 410 g/mol. The molecule has 0 radical (unpaired) electrons. The summed E-state index contributed by atoms with van der Waals surface area (Å²) in [5.41, 5.74) is 3.60. The van der Waals surface area contributed by atoms with Crippen molar-refractivity contribution in [1.82, 2.24) is 9.47 Å². The Balaban J connectivity index is 1.59. The summed E-state index contributed by atoms with van der Waals surface area (Å²) >= 11 is 0. The number of aliphatic hydroxyl groups is 1. The van der Waals surface area contributed by atoms with Crippen LogP contribution in [-0.4, -0.2) is 39.4 Å². The number of nitrogens with zero attached hydrogens (tertiary/aromatic N) is 2. The maximum Gasteiger partial charge on any atom is 0.410 e. The van der Waals surface area contributed by atoms with Gasteiger partial charge in [-0.3, -0.25) is 4.79 Å². The number of pyridine rings is 1. The first-order valence-electron chi connectivity index (χ1n) is 10.3. The third kappa shape index (κ3) is 6.07. The van der Waals surface area contributed by atoms with E-state index in [0.717, 1.165) is 24.0 Å². The van der Waals surface area contributed by atoms with Crippen molar-refractivity contribution in [2.24, 2.45) is 0 Å². The second kappa shape index (κ2) is 9.30. The zero-order valence-corrected chi connectivity index (χ0v) is 17.9. The highest BCUT2D eigenvalue weighted by Crippen LogP contribution is 2.21. The number of aromatic nitrogens is 1.